The summed E-state index contributed by atoms with van der Waals surface area (Å²) in [7, 11) is 3.61. The van der Waals surface area contributed by atoms with Crippen LogP contribution in [0.15, 0.2) is 0 Å². The number of carbonyl (C=O) groups is 1. The lowest BCUT2D eigenvalue weighted by Gasteiger charge is -2.23. The number of aryl methyl sites for hydroxylation is 2. The maximum atomic E-state index is 12.2. The minimum Gasteiger partial charge on any atom is -0.338 e. The first kappa shape index (κ1) is 12.7. The van der Waals surface area contributed by atoms with E-state index in [0.29, 0.717) is 12.1 Å². The maximum Gasteiger partial charge on any atom is 0.257 e. The zero-order valence-electron chi connectivity index (χ0n) is 10.6. The van der Waals surface area contributed by atoms with Crippen LogP contribution in [0.4, 0.5) is 0 Å². The molecule has 1 heterocycles. The molecule has 5 nitrogen and oxygen atoms in total. The monoisotopic (exact) mass is 224 g/mol. The molecule has 0 bridgehead atoms. The molecule has 0 saturated heterocycles. The summed E-state index contributed by atoms with van der Waals surface area (Å²) in [6, 6.07) is 0.0338. The smallest absolute Gasteiger partial charge is 0.257 e. The summed E-state index contributed by atoms with van der Waals surface area (Å²) in [6.07, 6.45) is 0. The van der Waals surface area contributed by atoms with Gasteiger partial charge >= 0.3 is 0 Å². The average Bonchev–Trinajstić information content (AvgIpc) is 2.50. The van der Waals surface area contributed by atoms with Crippen molar-refractivity contribution in [1.29, 1.82) is 0 Å². The molecule has 2 N–H and O–H groups in total. The fourth-order valence-corrected chi connectivity index (χ4v) is 1.62. The van der Waals surface area contributed by atoms with Crippen LogP contribution in [0.25, 0.3) is 0 Å². The van der Waals surface area contributed by atoms with Gasteiger partial charge in [-0.25, -0.2) is 0 Å². The van der Waals surface area contributed by atoms with Crippen molar-refractivity contribution in [1.82, 2.24) is 14.7 Å². The molecule has 0 saturated carbocycles. The summed E-state index contributed by atoms with van der Waals surface area (Å²) in [5.41, 5.74) is 7.89. The molecule has 0 spiro atoms. The lowest BCUT2D eigenvalue weighted by Crippen LogP contribution is -2.40. The summed E-state index contributed by atoms with van der Waals surface area (Å²) in [6.45, 7) is 6.13. The van der Waals surface area contributed by atoms with Gasteiger partial charge in [0.1, 0.15) is 0 Å². The number of rotatable bonds is 3. The number of amides is 1. The molecule has 1 aromatic heterocycles. The molecule has 1 aromatic rings. The Labute approximate surface area is 96.2 Å². The van der Waals surface area contributed by atoms with E-state index in [1.54, 1.807) is 16.6 Å². The highest BCUT2D eigenvalue weighted by Gasteiger charge is 2.22. The predicted molar refractivity (Wildman–Crippen MR) is 63.3 cm³/mol. The minimum absolute atomic E-state index is 0.0129. The zero-order valence-corrected chi connectivity index (χ0v) is 10.6. The third-order valence-corrected chi connectivity index (χ3v) is 3.05. The van der Waals surface area contributed by atoms with E-state index < -0.39 is 0 Å². The van der Waals surface area contributed by atoms with Gasteiger partial charge in [-0.3, -0.25) is 9.48 Å². The lowest BCUT2D eigenvalue weighted by atomic mass is 10.1. The van der Waals surface area contributed by atoms with Crippen LogP contribution >= 0.6 is 0 Å². The molecule has 0 fully saturated rings. The van der Waals surface area contributed by atoms with Crippen LogP contribution in [0.5, 0.6) is 0 Å². The van der Waals surface area contributed by atoms with Crippen LogP contribution < -0.4 is 5.73 Å². The molecule has 0 aliphatic carbocycles. The van der Waals surface area contributed by atoms with Crippen molar-refractivity contribution in [3.8, 4) is 0 Å². The van der Waals surface area contributed by atoms with Gasteiger partial charge in [-0.2, -0.15) is 5.10 Å². The second-order valence-corrected chi connectivity index (χ2v) is 4.17. The van der Waals surface area contributed by atoms with E-state index >= 15 is 0 Å². The van der Waals surface area contributed by atoms with E-state index in [1.807, 2.05) is 27.8 Å². The van der Waals surface area contributed by atoms with Gasteiger partial charge in [-0.05, 0) is 20.8 Å². The fourth-order valence-electron chi connectivity index (χ4n) is 1.62. The van der Waals surface area contributed by atoms with Crippen LogP contribution in [0.1, 0.15) is 28.7 Å². The molecule has 1 atom stereocenters. The molecule has 0 aromatic carbocycles. The van der Waals surface area contributed by atoms with Crippen LogP contribution in [-0.2, 0) is 7.05 Å². The molecule has 5 heteroatoms. The number of nitrogens with two attached hydrogens (primary N) is 1. The molecule has 16 heavy (non-hydrogen) atoms. The highest BCUT2D eigenvalue weighted by Crippen LogP contribution is 2.15. The minimum atomic E-state index is -0.0129. The molecule has 1 rings (SSSR count). The van der Waals surface area contributed by atoms with Gasteiger partial charge < -0.3 is 10.6 Å². The Morgan fingerprint density at radius 1 is 1.56 bits per heavy atom. The van der Waals surface area contributed by atoms with Crippen LogP contribution in [0.2, 0.25) is 0 Å². The Kier molecular flexibility index (Phi) is 3.70. The lowest BCUT2D eigenvalue weighted by molar-refractivity contribution is 0.0747. The first-order valence-electron chi connectivity index (χ1n) is 5.37. The van der Waals surface area contributed by atoms with Crippen LogP contribution in [-0.4, -0.2) is 40.2 Å². The van der Waals surface area contributed by atoms with Crippen molar-refractivity contribution < 1.29 is 4.79 Å². The van der Waals surface area contributed by atoms with Gasteiger partial charge in [-0.1, -0.05) is 0 Å². The van der Waals surface area contributed by atoms with Crippen molar-refractivity contribution in [2.45, 2.75) is 26.8 Å². The van der Waals surface area contributed by atoms with E-state index in [9.17, 15) is 4.79 Å². The first-order valence-corrected chi connectivity index (χ1v) is 5.37. The standard InChI is InChI=1S/C11H20N4O/c1-7(6-12)14(4)11(16)10-8(2)13-15(5)9(10)3/h7H,6,12H2,1-5H3. The van der Waals surface area contributed by atoms with Gasteiger partial charge in [-0.15, -0.1) is 0 Å². The maximum absolute atomic E-state index is 12.2. The normalized spacial score (nSPS) is 12.6. The highest BCUT2D eigenvalue weighted by atomic mass is 16.2. The number of likely N-dealkylation sites (N-methyl/N-ethyl adjacent to an activating group) is 1. The molecular weight excluding hydrogens is 204 g/mol. The third-order valence-electron chi connectivity index (χ3n) is 3.05. The second kappa shape index (κ2) is 4.65. The van der Waals surface area contributed by atoms with E-state index in [0.717, 1.165) is 11.4 Å². The van der Waals surface area contributed by atoms with Gasteiger partial charge in [0.05, 0.1) is 11.3 Å². The Morgan fingerprint density at radius 2 is 2.12 bits per heavy atom. The van der Waals surface area contributed by atoms with E-state index in [2.05, 4.69) is 5.10 Å². The summed E-state index contributed by atoms with van der Waals surface area (Å²) in [4.78, 5) is 13.9. The SMILES string of the molecule is Cc1nn(C)c(C)c1C(=O)N(C)C(C)CN. The third kappa shape index (κ3) is 2.09. The molecule has 90 valence electrons. The fraction of sp³-hybridized carbons (Fsp3) is 0.636. The number of nitrogens with zero attached hydrogens (tertiary/aromatic N) is 3. The number of hydrogen-bond acceptors (Lipinski definition) is 3. The summed E-state index contributed by atoms with van der Waals surface area (Å²) < 4.78 is 1.73. The van der Waals surface area contributed by atoms with Gasteiger partial charge in [0.2, 0.25) is 0 Å². The van der Waals surface area contributed by atoms with Gasteiger partial charge in [0.25, 0.3) is 5.91 Å². The predicted octanol–water partition coefficient (Wildman–Crippen LogP) is 0.456. The van der Waals surface area contributed by atoms with Crippen molar-refractivity contribution in [3.05, 3.63) is 17.0 Å². The van der Waals surface area contributed by atoms with Crippen molar-refractivity contribution >= 4 is 5.91 Å². The number of carbonyl (C=O) groups excluding carboxylic acids is 1. The first-order chi connectivity index (χ1) is 7.40. The van der Waals surface area contributed by atoms with Gasteiger partial charge in [0.15, 0.2) is 0 Å². The molecule has 0 aliphatic heterocycles. The summed E-state index contributed by atoms with van der Waals surface area (Å²) >= 11 is 0. The Hall–Kier alpha value is -1.36. The van der Waals surface area contributed by atoms with E-state index in [-0.39, 0.29) is 11.9 Å². The van der Waals surface area contributed by atoms with Crippen molar-refractivity contribution in [2.75, 3.05) is 13.6 Å². The molecule has 0 aliphatic rings. The number of aromatic nitrogens is 2. The Bertz CT molecular complexity index is 397. The Morgan fingerprint density at radius 3 is 2.50 bits per heavy atom. The van der Waals surface area contributed by atoms with Crippen molar-refractivity contribution in [3.63, 3.8) is 0 Å². The topological polar surface area (TPSA) is 64.2 Å². The zero-order chi connectivity index (χ0) is 12.5. The Balaban J connectivity index is 3.05. The van der Waals surface area contributed by atoms with E-state index in [1.165, 1.54) is 0 Å². The number of hydrogen-bond donors (Lipinski definition) is 1. The average molecular weight is 224 g/mol. The van der Waals surface area contributed by atoms with Gasteiger partial charge in [0, 0.05) is 32.4 Å². The van der Waals surface area contributed by atoms with Crippen LogP contribution in [0.3, 0.4) is 0 Å². The summed E-state index contributed by atoms with van der Waals surface area (Å²) in [5.74, 6) is -0.0129. The second-order valence-electron chi connectivity index (χ2n) is 4.17. The van der Waals surface area contributed by atoms with Crippen molar-refractivity contribution in [2.24, 2.45) is 12.8 Å². The molecule has 1 unspecified atom stereocenters. The molecule has 1 amide bonds. The molecule has 0 radical (unpaired) electrons. The van der Waals surface area contributed by atoms with E-state index in [4.69, 9.17) is 5.73 Å². The highest BCUT2D eigenvalue weighted by molar-refractivity contribution is 5.96. The van der Waals surface area contributed by atoms with Crippen LogP contribution in [0, 0.1) is 13.8 Å². The summed E-state index contributed by atoms with van der Waals surface area (Å²) in [5, 5.41) is 4.24. The molecular formula is C11H20N4O. The largest absolute Gasteiger partial charge is 0.338 e. The quantitative estimate of drug-likeness (QED) is 0.811.